The second-order valence-electron chi connectivity index (χ2n) is 3.60. The van der Waals surface area contributed by atoms with Crippen molar-refractivity contribution in [1.29, 1.82) is 0 Å². The van der Waals surface area contributed by atoms with E-state index in [-0.39, 0.29) is 0 Å². The molecule has 1 heterocycles. The summed E-state index contributed by atoms with van der Waals surface area (Å²) in [5.41, 5.74) is 0.893. The number of rotatable bonds is 3. The summed E-state index contributed by atoms with van der Waals surface area (Å²) in [5.74, 6) is 0. The fourth-order valence-electron chi connectivity index (χ4n) is 1.70. The molecule has 1 N–H and O–H groups in total. The van der Waals surface area contributed by atoms with Crippen LogP contribution < -0.4 is 0 Å². The molecule has 0 amide bonds. The van der Waals surface area contributed by atoms with E-state index in [2.05, 4.69) is 10.1 Å². The van der Waals surface area contributed by atoms with Crippen molar-refractivity contribution < 1.29 is 9.94 Å². The van der Waals surface area contributed by atoms with Gasteiger partial charge in [0, 0.05) is 11.6 Å². The van der Waals surface area contributed by atoms with Crippen LogP contribution in [0, 0.1) is 0 Å². The Kier molecular flexibility index (Phi) is 3.69. The minimum Gasteiger partial charge on any atom is -0.411 e. The highest BCUT2D eigenvalue weighted by Gasteiger charge is 2.18. The van der Waals surface area contributed by atoms with Gasteiger partial charge < -0.3 is 9.94 Å². The molecule has 0 bridgehead atoms. The standard InChI is InChI=1S/C10H14N2O2S/c13-12-8-1-3-9(4-2-8)14-7-10-11-5-6-15-10/h5-6,9,13H,1-4,7H2. The minimum atomic E-state index is 0.291. The van der Waals surface area contributed by atoms with Gasteiger partial charge in [0.2, 0.25) is 0 Å². The molecule has 1 aromatic heterocycles. The third-order valence-electron chi connectivity index (χ3n) is 2.58. The predicted octanol–water partition coefficient (Wildman–Crippen LogP) is 2.43. The lowest BCUT2D eigenvalue weighted by Crippen LogP contribution is -2.21. The number of ether oxygens (including phenoxy) is 1. The maximum atomic E-state index is 8.60. The molecule has 82 valence electrons. The van der Waals surface area contributed by atoms with Crippen molar-refractivity contribution in [3.05, 3.63) is 16.6 Å². The van der Waals surface area contributed by atoms with Gasteiger partial charge in [0.1, 0.15) is 5.01 Å². The van der Waals surface area contributed by atoms with E-state index in [0.717, 1.165) is 36.4 Å². The Labute approximate surface area is 92.6 Å². The van der Waals surface area contributed by atoms with Gasteiger partial charge in [-0.3, -0.25) is 0 Å². The zero-order valence-electron chi connectivity index (χ0n) is 8.43. The Morgan fingerprint density at radius 3 is 2.93 bits per heavy atom. The van der Waals surface area contributed by atoms with E-state index in [1.807, 2.05) is 5.38 Å². The van der Waals surface area contributed by atoms with E-state index in [1.54, 1.807) is 17.5 Å². The van der Waals surface area contributed by atoms with Crippen LogP contribution in [0.5, 0.6) is 0 Å². The summed E-state index contributed by atoms with van der Waals surface area (Å²) in [6, 6.07) is 0. The molecule has 4 nitrogen and oxygen atoms in total. The van der Waals surface area contributed by atoms with Crippen molar-refractivity contribution in [1.82, 2.24) is 4.98 Å². The van der Waals surface area contributed by atoms with Crippen molar-refractivity contribution in [3.63, 3.8) is 0 Å². The molecule has 1 saturated carbocycles. The van der Waals surface area contributed by atoms with E-state index in [9.17, 15) is 0 Å². The summed E-state index contributed by atoms with van der Waals surface area (Å²) in [6.07, 6.45) is 5.67. The number of hydrogen-bond acceptors (Lipinski definition) is 5. The van der Waals surface area contributed by atoms with Gasteiger partial charge in [-0.15, -0.1) is 11.3 Å². The normalized spacial score (nSPS) is 21.6. The third-order valence-corrected chi connectivity index (χ3v) is 3.33. The second kappa shape index (κ2) is 5.23. The van der Waals surface area contributed by atoms with Gasteiger partial charge in [-0.05, 0) is 25.7 Å². The molecule has 0 spiro atoms. The molecule has 0 atom stereocenters. The fourth-order valence-corrected chi connectivity index (χ4v) is 2.24. The first-order valence-corrected chi connectivity index (χ1v) is 5.96. The largest absolute Gasteiger partial charge is 0.411 e. The Balaban J connectivity index is 1.73. The number of aromatic nitrogens is 1. The van der Waals surface area contributed by atoms with Gasteiger partial charge >= 0.3 is 0 Å². The molecule has 1 fully saturated rings. The SMILES string of the molecule is ON=C1CCC(OCc2nccs2)CC1. The molecule has 1 aromatic rings. The monoisotopic (exact) mass is 226 g/mol. The van der Waals surface area contributed by atoms with E-state index < -0.39 is 0 Å². The van der Waals surface area contributed by atoms with Gasteiger partial charge in [-0.1, -0.05) is 5.16 Å². The molecule has 15 heavy (non-hydrogen) atoms. The number of nitrogens with zero attached hydrogens (tertiary/aromatic N) is 2. The van der Waals surface area contributed by atoms with Crippen LogP contribution in [0.25, 0.3) is 0 Å². The summed E-state index contributed by atoms with van der Waals surface area (Å²) >= 11 is 1.62. The summed E-state index contributed by atoms with van der Waals surface area (Å²) in [4.78, 5) is 4.16. The van der Waals surface area contributed by atoms with Crippen LogP contribution in [0.3, 0.4) is 0 Å². The van der Waals surface area contributed by atoms with Crippen molar-refractivity contribution >= 4 is 17.0 Å². The minimum absolute atomic E-state index is 0.291. The first kappa shape index (κ1) is 10.6. The molecule has 1 aliphatic carbocycles. The van der Waals surface area contributed by atoms with Crippen LogP contribution in [0.2, 0.25) is 0 Å². The molecule has 1 aliphatic rings. The van der Waals surface area contributed by atoms with E-state index >= 15 is 0 Å². The van der Waals surface area contributed by atoms with Crippen LogP contribution >= 0.6 is 11.3 Å². The van der Waals surface area contributed by atoms with Crippen LogP contribution in [-0.2, 0) is 11.3 Å². The van der Waals surface area contributed by atoms with Crippen LogP contribution in [0.4, 0.5) is 0 Å². The maximum absolute atomic E-state index is 8.60. The predicted molar refractivity (Wildman–Crippen MR) is 58.4 cm³/mol. The molecule has 0 saturated heterocycles. The summed E-state index contributed by atoms with van der Waals surface area (Å²) < 4.78 is 5.73. The molecule has 0 unspecified atom stereocenters. The van der Waals surface area contributed by atoms with Gasteiger partial charge in [0.15, 0.2) is 0 Å². The molecule has 2 rings (SSSR count). The summed E-state index contributed by atoms with van der Waals surface area (Å²) in [5, 5.41) is 14.8. The molecule has 0 aliphatic heterocycles. The Morgan fingerprint density at radius 2 is 2.33 bits per heavy atom. The first-order chi connectivity index (χ1) is 7.38. The van der Waals surface area contributed by atoms with Crippen LogP contribution in [0.15, 0.2) is 16.7 Å². The Morgan fingerprint density at radius 1 is 1.53 bits per heavy atom. The van der Waals surface area contributed by atoms with Crippen molar-refractivity contribution in [2.75, 3.05) is 0 Å². The topological polar surface area (TPSA) is 54.7 Å². The second-order valence-corrected chi connectivity index (χ2v) is 4.58. The quantitative estimate of drug-likeness (QED) is 0.636. The Bertz CT molecular complexity index is 314. The van der Waals surface area contributed by atoms with Crippen LogP contribution in [-0.4, -0.2) is 22.0 Å². The molecular formula is C10H14N2O2S. The van der Waals surface area contributed by atoms with E-state index in [0.29, 0.717) is 12.7 Å². The van der Waals surface area contributed by atoms with Crippen molar-refractivity contribution in [2.45, 2.75) is 38.4 Å². The van der Waals surface area contributed by atoms with Crippen molar-refractivity contribution in [2.24, 2.45) is 5.16 Å². The summed E-state index contributed by atoms with van der Waals surface area (Å²) in [6.45, 7) is 0.605. The lowest BCUT2D eigenvalue weighted by molar-refractivity contribution is 0.0276. The molecule has 0 radical (unpaired) electrons. The number of oxime groups is 1. The lowest BCUT2D eigenvalue weighted by Gasteiger charge is -2.22. The summed E-state index contributed by atoms with van der Waals surface area (Å²) in [7, 11) is 0. The number of hydrogen-bond donors (Lipinski definition) is 1. The van der Waals surface area contributed by atoms with Gasteiger partial charge in [0.25, 0.3) is 0 Å². The maximum Gasteiger partial charge on any atom is 0.118 e. The zero-order valence-corrected chi connectivity index (χ0v) is 9.24. The average Bonchev–Trinajstić information content (AvgIpc) is 2.80. The zero-order chi connectivity index (χ0) is 10.5. The Hall–Kier alpha value is -0.940. The van der Waals surface area contributed by atoms with E-state index in [4.69, 9.17) is 9.94 Å². The number of thiazole rings is 1. The fraction of sp³-hybridized carbons (Fsp3) is 0.600. The van der Waals surface area contributed by atoms with E-state index in [1.165, 1.54) is 0 Å². The third kappa shape index (κ3) is 3.00. The lowest BCUT2D eigenvalue weighted by atomic mass is 9.96. The smallest absolute Gasteiger partial charge is 0.118 e. The van der Waals surface area contributed by atoms with Crippen LogP contribution in [0.1, 0.15) is 30.7 Å². The van der Waals surface area contributed by atoms with Gasteiger partial charge in [0.05, 0.1) is 18.4 Å². The highest BCUT2D eigenvalue weighted by Crippen LogP contribution is 2.20. The average molecular weight is 226 g/mol. The highest BCUT2D eigenvalue weighted by molar-refractivity contribution is 7.09. The molecule has 5 heteroatoms. The highest BCUT2D eigenvalue weighted by atomic mass is 32.1. The first-order valence-electron chi connectivity index (χ1n) is 5.08. The van der Waals surface area contributed by atoms with Gasteiger partial charge in [-0.25, -0.2) is 4.98 Å². The van der Waals surface area contributed by atoms with Gasteiger partial charge in [-0.2, -0.15) is 0 Å². The molecule has 0 aromatic carbocycles. The van der Waals surface area contributed by atoms with Crippen molar-refractivity contribution in [3.8, 4) is 0 Å². The molecular weight excluding hydrogens is 212 g/mol.